The van der Waals surface area contributed by atoms with Gasteiger partial charge in [-0.3, -0.25) is 14.4 Å². The number of carbonyl (C=O) groups is 3. The summed E-state index contributed by atoms with van der Waals surface area (Å²) in [6.45, 7) is 1.43. The molecule has 1 heterocycles. The molecule has 0 aromatic heterocycles. The van der Waals surface area contributed by atoms with Crippen LogP contribution in [0.15, 0.2) is 48.5 Å². The molecule has 3 N–H and O–H groups in total. The summed E-state index contributed by atoms with van der Waals surface area (Å²) < 4.78 is 0. The average Bonchev–Trinajstić information content (AvgIpc) is 2.55. The summed E-state index contributed by atoms with van der Waals surface area (Å²) in [6, 6.07) is 14.1. The Balaban J connectivity index is 1.75. The third-order valence-electron chi connectivity index (χ3n) is 3.79. The van der Waals surface area contributed by atoms with Gasteiger partial charge in [-0.1, -0.05) is 18.2 Å². The van der Waals surface area contributed by atoms with E-state index in [1.165, 1.54) is 6.92 Å². The van der Waals surface area contributed by atoms with Gasteiger partial charge in [0.15, 0.2) is 0 Å². The summed E-state index contributed by atoms with van der Waals surface area (Å²) in [4.78, 5) is 35.4. The van der Waals surface area contributed by atoms with E-state index in [2.05, 4.69) is 16.0 Å². The van der Waals surface area contributed by atoms with E-state index in [1.807, 2.05) is 18.2 Å². The molecule has 0 saturated heterocycles. The molecule has 1 unspecified atom stereocenters. The van der Waals surface area contributed by atoms with E-state index in [9.17, 15) is 14.4 Å². The largest absolute Gasteiger partial charge is 0.326 e. The highest BCUT2D eigenvalue weighted by molar-refractivity contribution is 6.05. The van der Waals surface area contributed by atoms with Gasteiger partial charge in [0.1, 0.15) is 0 Å². The lowest BCUT2D eigenvalue weighted by Gasteiger charge is -2.24. The summed E-state index contributed by atoms with van der Waals surface area (Å²) in [7, 11) is 0. The first-order valence-electron chi connectivity index (χ1n) is 7.60. The monoisotopic (exact) mass is 323 g/mol. The van der Waals surface area contributed by atoms with Gasteiger partial charge in [-0.25, -0.2) is 0 Å². The van der Waals surface area contributed by atoms with Gasteiger partial charge in [0.05, 0.1) is 5.92 Å². The number of para-hydroxylation sites is 1. The van der Waals surface area contributed by atoms with Gasteiger partial charge in [-0.15, -0.1) is 0 Å². The minimum atomic E-state index is -0.523. The van der Waals surface area contributed by atoms with Crippen LogP contribution in [0, 0.1) is 0 Å². The van der Waals surface area contributed by atoms with Crippen molar-refractivity contribution >= 4 is 34.8 Å². The van der Waals surface area contributed by atoms with Gasteiger partial charge in [-0.05, 0) is 35.9 Å². The highest BCUT2D eigenvalue weighted by Gasteiger charge is 2.30. The zero-order valence-electron chi connectivity index (χ0n) is 13.1. The average molecular weight is 323 g/mol. The van der Waals surface area contributed by atoms with Gasteiger partial charge in [0, 0.05) is 30.4 Å². The fourth-order valence-electron chi connectivity index (χ4n) is 2.71. The number of fused-ring (bicyclic) bond motifs is 1. The van der Waals surface area contributed by atoms with Crippen LogP contribution < -0.4 is 16.0 Å². The van der Waals surface area contributed by atoms with Crippen molar-refractivity contribution in [2.45, 2.75) is 19.3 Å². The van der Waals surface area contributed by atoms with Crippen LogP contribution in [0.25, 0.3) is 0 Å². The van der Waals surface area contributed by atoms with Crippen LogP contribution in [0.5, 0.6) is 0 Å². The van der Waals surface area contributed by atoms with Crippen LogP contribution in [0.2, 0.25) is 0 Å². The Bertz CT molecular complexity index is 799. The molecule has 0 spiro atoms. The number of amides is 3. The second kappa shape index (κ2) is 6.54. The Morgan fingerprint density at radius 1 is 1.00 bits per heavy atom. The number of benzene rings is 2. The fourth-order valence-corrected chi connectivity index (χ4v) is 2.71. The van der Waals surface area contributed by atoms with Gasteiger partial charge in [0.25, 0.3) is 0 Å². The van der Waals surface area contributed by atoms with Gasteiger partial charge >= 0.3 is 0 Å². The van der Waals surface area contributed by atoms with Crippen molar-refractivity contribution in [1.82, 2.24) is 0 Å². The Hall–Kier alpha value is -3.15. The number of hydrogen-bond donors (Lipinski definition) is 3. The molecule has 0 fully saturated rings. The van der Waals surface area contributed by atoms with E-state index >= 15 is 0 Å². The van der Waals surface area contributed by atoms with Crippen molar-refractivity contribution in [3.05, 3.63) is 54.1 Å². The summed E-state index contributed by atoms with van der Waals surface area (Å²) in [6.07, 6.45) is 0.118. The number of carbonyl (C=O) groups excluding carboxylic acids is 3. The molecule has 1 aliphatic heterocycles. The van der Waals surface area contributed by atoms with E-state index in [1.54, 1.807) is 30.3 Å². The summed E-state index contributed by atoms with van der Waals surface area (Å²) >= 11 is 0. The lowest BCUT2D eigenvalue weighted by molar-refractivity contribution is -0.123. The molecule has 0 bridgehead atoms. The highest BCUT2D eigenvalue weighted by atomic mass is 16.2. The van der Waals surface area contributed by atoms with Crippen LogP contribution in [-0.2, 0) is 14.4 Å². The highest BCUT2D eigenvalue weighted by Crippen LogP contribution is 2.32. The van der Waals surface area contributed by atoms with E-state index < -0.39 is 5.92 Å². The molecule has 3 amide bonds. The first-order chi connectivity index (χ1) is 11.5. The normalized spacial score (nSPS) is 15.9. The fraction of sp³-hybridized carbons (Fsp3) is 0.167. The molecule has 122 valence electrons. The number of anilines is 3. The van der Waals surface area contributed by atoms with Crippen LogP contribution in [0.3, 0.4) is 0 Å². The van der Waals surface area contributed by atoms with Gasteiger partial charge in [-0.2, -0.15) is 0 Å². The van der Waals surface area contributed by atoms with Crippen LogP contribution in [0.1, 0.15) is 24.8 Å². The van der Waals surface area contributed by atoms with Crippen molar-refractivity contribution in [3.63, 3.8) is 0 Å². The third-order valence-corrected chi connectivity index (χ3v) is 3.79. The Morgan fingerprint density at radius 2 is 1.62 bits per heavy atom. The third kappa shape index (κ3) is 3.43. The first-order valence-corrected chi connectivity index (χ1v) is 7.60. The van der Waals surface area contributed by atoms with Crippen molar-refractivity contribution in [2.75, 3.05) is 16.0 Å². The molecule has 1 aliphatic rings. The van der Waals surface area contributed by atoms with Crippen LogP contribution in [0.4, 0.5) is 17.1 Å². The van der Waals surface area contributed by atoms with Crippen LogP contribution >= 0.6 is 0 Å². The minimum Gasteiger partial charge on any atom is -0.326 e. The molecule has 6 nitrogen and oxygen atoms in total. The molecule has 24 heavy (non-hydrogen) atoms. The van der Waals surface area contributed by atoms with Crippen molar-refractivity contribution in [3.8, 4) is 0 Å². The second-order valence-corrected chi connectivity index (χ2v) is 5.64. The standard InChI is InChI=1S/C18H17N3O3/c1-11(22)19-12-6-8-13(9-7-12)20-18(24)15-10-17(23)21-16-5-3-2-4-14(15)16/h2-9,15H,10H2,1H3,(H,19,22)(H,20,24)(H,21,23). The summed E-state index contributed by atoms with van der Waals surface area (Å²) in [5.74, 6) is -1.08. The molecule has 2 aromatic rings. The lowest BCUT2D eigenvalue weighted by Crippen LogP contribution is -2.30. The second-order valence-electron chi connectivity index (χ2n) is 5.64. The molecule has 2 aromatic carbocycles. The maximum absolute atomic E-state index is 12.6. The Morgan fingerprint density at radius 3 is 2.29 bits per heavy atom. The zero-order valence-corrected chi connectivity index (χ0v) is 13.1. The predicted octanol–water partition coefficient (Wildman–Crippen LogP) is 2.71. The Kier molecular flexibility index (Phi) is 4.29. The number of nitrogens with one attached hydrogen (secondary N) is 3. The molecule has 0 saturated carbocycles. The predicted molar refractivity (Wildman–Crippen MR) is 91.8 cm³/mol. The van der Waals surface area contributed by atoms with Gasteiger partial charge < -0.3 is 16.0 Å². The molecule has 1 atom stereocenters. The molecule has 6 heteroatoms. The lowest BCUT2D eigenvalue weighted by atomic mass is 9.90. The van der Waals surface area contributed by atoms with E-state index in [0.29, 0.717) is 17.1 Å². The molecule has 0 aliphatic carbocycles. The zero-order chi connectivity index (χ0) is 17.1. The maximum atomic E-state index is 12.6. The van der Waals surface area contributed by atoms with Crippen molar-refractivity contribution in [1.29, 1.82) is 0 Å². The first kappa shape index (κ1) is 15.7. The van der Waals surface area contributed by atoms with Gasteiger partial charge in [0.2, 0.25) is 17.7 Å². The number of hydrogen-bond acceptors (Lipinski definition) is 3. The Labute approximate surface area is 139 Å². The van der Waals surface area contributed by atoms with E-state index in [4.69, 9.17) is 0 Å². The summed E-state index contributed by atoms with van der Waals surface area (Å²) in [5.41, 5.74) is 2.75. The number of rotatable bonds is 3. The quantitative estimate of drug-likeness (QED) is 0.811. The molecular weight excluding hydrogens is 306 g/mol. The summed E-state index contributed by atoms with van der Waals surface area (Å²) in [5, 5.41) is 8.26. The van der Waals surface area contributed by atoms with Crippen LogP contribution in [-0.4, -0.2) is 17.7 Å². The molecular formula is C18H17N3O3. The van der Waals surface area contributed by atoms with Crippen molar-refractivity contribution in [2.24, 2.45) is 0 Å². The topological polar surface area (TPSA) is 87.3 Å². The molecule has 3 rings (SSSR count). The molecule has 0 radical (unpaired) electrons. The smallest absolute Gasteiger partial charge is 0.232 e. The SMILES string of the molecule is CC(=O)Nc1ccc(NC(=O)C2CC(=O)Nc3ccccc32)cc1. The van der Waals surface area contributed by atoms with E-state index in [0.717, 1.165) is 5.56 Å². The minimum absolute atomic E-state index is 0.118. The van der Waals surface area contributed by atoms with E-state index in [-0.39, 0.29) is 24.1 Å². The maximum Gasteiger partial charge on any atom is 0.232 e. The van der Waals surface area contributed by atoms with Crippen molar-refractivity contribution < 1.29 is 14.4 Å².